The van der Waals surface area contributed by atoms with Crippen molar-refractivity contribution in [2.24, 2.45) is 0 Å². The van der Waals surface area contributed by atoms with Crippen LogP contribution in [0.3, 0.4) is 0 Å². The van der Waals surface area contributed by atoms with E-state index in [4.69, 9.17) is 11.6 Å². The minimum atomic E-state index is -3.30. The summed E-state index contributed by atoms with van der Waals surface area (Å²) in [4.78, 5) is 0.271. The highest BCUT2D eigenvalue weighted by atomic mass is 35.5. The van der Waals surface area contributed by atoms with Crippen LogP contribution >= 0.6 is 11.6 Å². The highest BCUT2D eigenvalue weighted by molar-refractivity contribution is 7.90. The van der Waals surface area contributed by atoms with Crippen LogP contribution in [0.5, 0.6) is 0 Å². The summed E-state index contributed by atoms with van der Waals surface area (Å²) in [6, 6.07) is 10.9. The van der Waals surface area contributed by atoms with Crippen molar-refractivity contribution < 1.29 is 8.42 Å². The summed E-state index contributed by atoms with van der Waals surface area (Å²) in [5.74, 6) is 0. The van der Waals surface area contributed by atoms with Gasteiger partial charge in [0.1, 0.15) is 0 Å². The monoisotopic (exact) mass is 323 g/mol. The molecule has 1 N–H and O–H groups in total. The van der Waals surface area contributed by atoms with Crippen LogP contribution in [0.15, 0.2) is 41.3 Å². The lowest BCUT2D eigenvalue weighted by molar-refractivity contribution is 0.601. The van der Waals surface area contributed by atoms with Crippen LogP contribution < -0.4 is 5.32 Å². The number of aryl methyl sites for hydroxylation is 1. The lowest BCUT2D eigenvalue weighted by Gasteiger charge is -2.14. The Kier molecular flexibility index (Phi) is 4.59. The Morgan fingerprint density at radius 1 is 1.10 bits per heavy atom. The molecule has 0 amide bonds. The number of rotatable bonds is 4. The van der Waals surface area contributed by atoms with Gasteiger partial charge in [-0.3, -0.25) is 0 Å². The number of halogens is 1. The van der Waals surface area contributed by atoms with E-state index in [1.165, 1.54) is 11.8 Å². The average molecular weight is 324 g/mol. The molecule has 2 aromatic carbocycles. The van der Waals surface area contributed by atoms with Crippen LogP contribution in [0, 0.1) is 13.8 Å². The fourth-order valence-corrected chi connectivity index (χ4v) is 3.44. The van der Waals surface area contributed by atoms with Crippen LogP contribution in [0.25, 0.3) is 0 Å². The van der Waals surface area contributed by atoms with E-state index >= 15 is 0 Å². The fraction of sp³-hybridized carbons (Fsp3) is 0.250. The van der Waals surface area contributed by atoms with Crippen molar-refractivity contribution >= 4 is 27.1 Å². The van der Waals surface area contributed by atoms with Gasteiger partial charge >= 0.3 is 0 Å². The molecule has 5 heteroatoms. The first kappa shape index (κ1) is 15.9. The molecule has 2 rings (SSSR count). The number of hydrogen-bond acceptors (Lipinski definition) is 3. The second-order valence-electron chi connectivity index (χ2n) is 5.09. The lowest BCUT2D eigenvalue weighted by Crippen LogP contribution is -2.08. The molecule has 0 unspecified atom stereocenters. The molecule has 0 saturated carbocycles. The van der Waals surface area contributed by atoms with Crippen molar-refractivity contribution in [3.8, 4) is 0 Å². The van der Waals surface area contributed by atoms with Crippen molar-refractivity contribution in [2.75, 3.05) is 11.6 Å². The van der Waals surface area contributed by atoms with Gasteiger partial charge in [0.05, 0.1) is 4.90 Å². The maximum Gasteiger partial charge on any atom is 0.175 e. The van der Waals surface area contributed by atoms with Crippen LogP contribution in [0.4, 0.5) is 5.69 Å². The van der Waals surface area contributed by atoms with Crippen molar-refractivity contribution in [3.63, 3.8) is 0 Å². The quantitative estimate of drug-likeness (QED) is 0.926. The third-order valence-electron chi connectivity index (χ3n) is 3.54. The molecule has 2 aromatic rings. The van der Waals surface area contributed by atoms with E-state index in [1.54, 1.807) is 18.2 Å². The summed E-state index contributed by atoms with van der Waals surface area (Å²) < 4.78 is 23.7. The molecule has 0 heterocycles. The topological polar surface area (TPSA) is 46.2 Å². The Morgan fingerprint density at radius 3 is 2.43 bits per heavy atom. The molecular formula is C16H18ClNO2S. The molecule has 0 spiro atoms. The molecule has 112 valence electrons. The van der Waals surface area contributed by atoms with Crippen LogP contribution in [-0.4, -0.2) is 14.7 Å². The molecule has 0 aliphatic heterocycles. The smallest absolute Gasteiger partial charge is 0.175 e. The number of benzene rings is 2. The lowest BCUT2D eigenvalue weighted by atomic mass is 10.1. The highest BCUT2D eigenvalue weighted by Crippen LogP contribution is 2.26. The van der Waals surface area contributed by atoms with E-state index in [2.05, 4.69) is 5.32 Å². The summed E-state index contributed by atoms with van der Waals surface area (Å²) in [5.41, 5.74) is 3.91. The Bertz CT molecular complexity index is 770. The maximum absolute atomic E-state index is 11.9. The van der Waals surface area contributed by atoms with E-state index < -0.39 is 9.84 Å². The molecule has 0 radical (unpaired) electrons. The Balaban J connectivity index is 2.35. The van der Waals surface area contributed by atoms with Crippen molar-refractivity contribution in [1.29, 1.82) is 0 Å². The Hall–Kier alpha value is -1.52. The van der Waals surface area contributed by atoms with Gasteiger partial charge in [-0.15, -0.1) is 0 Å². The molecule has 0 saturated heterocycles. The summed E-state index contributed by atoms with van der Waals surface area (Å²) in [7, 11) is -3.30. The number of sulfone groups is 1. The van der Waals surface area contributed by atoms with Crippen LogP contribution in [0.2, 0.25) is 5.02 Å². The van der Waals surface area contributed by atoms with Gasteiger partial charge < -0.3 is 5.32 Å². The molecular weight excluding hydrogens is 306 g/mol. The summed E-state index contributed by atoms with van der Waals surface area (Å²) in [6.45, 7) is 4.44. The molecule has 0 atom stereocenters. The molecule has 0 fully saturated rings. The maximum atomic E-state index is 11.9. The predicted molar refractivity (Wildman–Crippen MR) is 87.8 cm³/mol. The minimum Gasteiger partial charge on any atom is -0.381 e. The second kappa shape index (κ2) is 6.08. The largest absolute Gasteiger partial charge is 0.381 e. The van der Waals surface area contributed by atoms with E-state index in [1.807, 2.05) is 32.0 Å². The van der Waals surface area contributed by atoms with Crippen molar-refractivity contribution in [3.05, 3.63) is 58.1 Å². The molecule has 0 aliphatic rings. The van der Waals surface area contributed by atoms with E-state index in [9.17, 15) is 8.42 Å². The van der Waals surface area contributed by atoms with Crippen LogP contribution in [0.1, 0.15) is 16.7 Å². The van der Waals surface area contributed by atoms with Gasteiger partial charge in [-0.05, 0) is 43.2 Å². The fourth-order valence-electron chi connectivity index (χ4n) is 2.18. The molecule has 3 nitrogen and oxygen atoms in total. The zero-order valence-electron chi connectivity index (χ0n) is 12.3. The summed E-state index contributed by atoms with van der Waals surface area (Å²) in [6.07, 6.45) is 1.19. The standard InChI is InChI=1S/C16H18ClNO2S/c1-11-6-4-8-15(12(11)2)18-10-13-14(17)7-5-9-16(13)21(3,19)20/h4-9,18H,10H2,1-3H3. The van der Waals surface area contributed by atoms with E-state index in [0.29, 0.717) is 17.1 Å². The Labute approximate surface area is 130 Å². The zero-order valence-corrected chi connectivity index (χ0v) is 13.8. The van der Waals surface area contributed by atoms with Crippen molar-refractivity contribution in [1.82, 2.24) is 0 Å². The average Bonchev–Trinajstić information content (AvgIpc) is 2.40. The molecule has 21 heavy (non-hydrogen) atoms. The van der Waals surface area contributed by atoms with Crippen LogP contribution in [-0.2, 0) is 16.4 Å². The van der Waals surface area contributed by atoms with E-state index in [0.717, 1.165) is 11.3 Å². The normalized spacial score (nSPS) is 11.4. The first-order chi connectivity index (χ1) is 9.80. The first-order valence-electron chi connectivity index (χ1n) is 6.58. The number of nitrogens with one attached hydrogen (secondary N) is 1. The van der Waals surface area contributed by atoms with Gasteiger partial charge in [0, 0.05) is 29.1 Å². The number of anilines is 1. The highest BCUT2D eigenvalue weighted by Gasteiger charge is 2.15. The number of hydrogen-bond donors (Lipinski definition) is 1. The van der Waals surface area contributed by atoms with Gasteiger partial charge in [0.25, 0.3) is 0 Å². The molecule has 0 aliphatic carbocycles. The van der Waals surface area contributed by atoms with Gasteiger partial charge in [0.15, 0.2) is 9.84 Å². The second-order valence-corrected chi connectivity index (χ2v) is 7.48. The van der Waals surface area contributed by atoms with Crippen molar-refractivity contribution in [2.45, 2.75) is 25.3 Å². The first-order valence-corrected chi connectivity index (χ1v) is 8.85. The van der Waals surface area contributed by atoms with Gasteiger partial charge in [0.2, 0.25) is 0 Å². The zero-order chi connectivity index (χ0) is 15.6. The summed E-state index contributed by atoms with van der Waals surface area (Å²) in [5, 5.41) is 3.73. The SMILES string of the molecule is Cc1cccc(NCc2c(Cl)cccc2S(C)(=O)=O)c1C. The van der Waals surface area contributed by atoms with Gasteiger partial charge in [-0.1, -0.05) is 29.8 Å². The predicted octanol–water partition coefficient (Wildman–Crippen LogP) is 3.97. The molecule has 0 bridgehead atoms. The Morgan fingerprint density at radius 2 is 1.76 bits per heavy atom. The van der Waals surface area contributed by atoms with Gasteiger partial charge in [-0.25, -0.2) is 8.42 Å². The summed E-state index contributed by atoms with van der Waals surface area (Å²) >= 11 is 6.17. The third kappa shape index (κ3) is 3.57. The van der Waals surface area contributed by atoms with E-state index in [-0.39, 0.29) is 4.90 Å². The third-order valence-corrected chi connectivity index (χ3v) is 5.07. The molecule has 0 aromatic heterocycles. The minimum absolute atomic E-state index is 0.271. The van der Waals surface area contributed by atoms with Gasteiger partial charge in [-0.2, -0.15) is 0 Å².